The molecule has 0 spiro atoms. The quantitative estimate of drug-likeness (QED) is 0.590. The molecule has 1 unspecified atom stereocenters. The number of aliphatic hydroxyl groups is 1. The van der Waals surface area contributed by atoms with Gasteiger partial charge in [0.25, 0.3) is 0 Å². The normalized spacial score (nSPS) is 13.2. The van der Waals surface area contributed by atoms with Gasteiger partial charge in [-0.15, -0.1) is 0 Å². The summed E-state index contributed by atoms with van der Waals surface area (Å²) < 4.78 is 0. The van der Waals surface area contributed by atoms with Crippen LogP contribution in [0, 0.1) is 0 Å². The van der Waals surface area contributed by atoms with E-state index in [0.717, 1.165) is 5.56 Å². The summed E-state index contributed by atoms with van der Waals surface area (Å²) in [5, 5.41) is 17.0. The highest BCUT2D eigenvalue weighted by molar-refractivity contribution is 6.30. The fourth-order valence-electron chi connectivity index (χ4n) is 1.21. The van der Waals surface area contributed by atoms with Crippen LogP contribution in [0.5, 0.6) is 0 Å². The molecule has 0 saturated heterocycles. The molecule has 5 heteroatoms. The van der Waals surface area contributed by atoms with E-state index in [0.29, 0.717) is 24.2 Å². The standard InChI is InChI=1S/C13H19ClN2O2/c1-10(2)15-7-13(17)8-16-18-9-11-3-5-12(14)6-4-11/h3-6,8,10,13,15,17H,7,9H2,1-2H3/b16-8+. The number of rotatable bonds is 7. The van der Waals surface area contributed by atoms with Crippen molar-refractivity contribution in [2.45, 2.75) is 32.6 Å². The topological polar surface area (TPSA) is 53.8 Å². The van der Waals surface area contributed by atoms with Gasteiger partial charge in [0, 0.05) is 17.6 Å². The largest absolute Gasteiger partial charge is 0.391 e. The highest BCUT2D eigenvalue weighted by atomic mass is 35.5. The molecule has 100 valence electrons. The van der Waals surface area contributed by atoms with Crippen molar-refractivity contribution < 1.29 is 9.94 Å². The van der Waals surface area contributed by atoms with Gasteiger partial charge >= 0.3 is 0 Å². The van der Waals surface area contributed by atoms with Crippen molar-refractivity contribution in [1.82, 2.24) is 5.32 Å². The zero-order valence-electron chi connectivity index (χ0n) is 10.6. The van der Waals surface area contributed by atoms with Crippen molar-refractivity contribution in [3.05, 3.63) is 34.9 Å². The van der Waals surface area contributed by atoms with Crippen molar-refractivity contribution in [1.29, 1.82) is 0 Å². The lowest BCUT2D eigenvalue weighted by Crippen LogP contribution is -2.32. The van der Waals surface area contributed by atoms with E-state index in [1.54, 1.807) is 12.1 Å². The molecule has 0 fully saturated rings. The third kappa shape index (κ3) is 6.59. The number of nitrogens with zero attached hydrogens (tertiary/aromatic N) is 1. The molecular weight excluding hydrogens is 252 g/mol. The van der Waals surface area contributed by atoms with Gasteiger partial charge in [0.2, 0.25) is 0 Å². The van der Waals surface area contributed by atoms with E-state index in [9.17, 15) is 5.11 Å². The number of nitrogens with one attached hydrogen (secondary N) is 1. The SMILES string of the molecule is CC(C)NCC(O)/C=N/OCc1ccc(Cl)cc1. The van der Waals surface area contributed by atoms with Gasteiger partial charge in [0.05, 0.1) is 6.21 Å². The highest BCUT2D eigenvalue weighted by Gasteiger charge is 2.00. The molecule has 0 amide bonds. The van der Waals surface area contributed by atoms with Crippen LogP contribution in [0.4, 0.5) is 0 Å². The van der Waals surface area contributed by atoms with Gasteiger partial charge in [-0.2, -0.15) is 0 Å². The number of hydrogen-bond donors (Lipinski definition) is 2. The maximum absolute atomic E-state index is 9.52. The first kappa shape index (κ1) is 15.0. The van der Waals surface area contributed by atoms with E-state index >= 15 is 0 Å². The Balaban J connectivity index is 2.22. The van der Waals surface area contributed by atoms with Gasteiger partial charge < -0.3 is 15.3 Å². The number of aliphatic hydroxyl groups excluding tert-OH is 1. The zero-order valence-corrected chi connectivity index (χ0v) is 11.4. The van der Waals surface area contributed by atoms with Crippen LogP contribution < -0.4 is 5.32 Å². The summed E-state index contributed by atoms with van der Waals surface area (Å²) in [5.74, 6) is 0. The van der Waals surface area contributed by atoms with Crippen LogP contribution in [0.3, 0.4) is 0 Å². The van der Waals surface area contributed by atoms with Crippen LogP contribution in [-0.4, -0.2) is 30.0 Å². The van der Waals surface area contributed by atoms with Crippen LogP contribution >= 0.6 is 11.6 Å². The van der Waals surface area contributed by atoms with E-state index in [-0.39, 0.29) is 0 Å². The van der Waals surface area contributed by atoms with E-state index in [1.165, 1.54) is 6.21 Å². The van der Waals surface area contributed by atoms with Gasteiger partial charge in [-0.25, -0.2) is 0 Å². The molecule has 4 nitrogen and oxygen atoms in total. The van der Waals surface area contributed by atoms with Gasteiger partial charge in [-0.3, -0.25) is 0 Å². The van der Waals surface area contributed by atoms with Crippen molar-refractivity contribution in [3.63, 3.8) is 0 Å². The second-order valence-corrected chi connectivity index (χ2v) is 4.72. The van der Waals surface area contributed by atoms with Crippen molar-refractivity contribution in [2.24, 2.45) is 5.16 Å². The van der Waals surface area contributed by atoms with E-state index in [1.807, 2.05) is 26.0 Å². The third-order valence-corrected chi connectivity index (χ3v) is 2.44. The summed E-state index contributed by atoms with van der Waals surface area (Å²) in [6.45, 7) is 4.85. The summed E-state index contributed by atoms with van der Waals surface area (Å²) in [6.07, 6.45) is 0.739. The Bertz CT molecular complexity index is 366. The second-order valence-electron chi connectivity index (χ2n) is 4.28. The minimum absolute atomic E-state index is 0.336. The Labute approximate surface area is 113 Å². The second kappa shape index (κ2) is 8.08. The summed E-state index contributed by atoms with van der Waals surface area (Å²) in [7, 11) is 0. The Hall–Kier alpha value is -1.10. The molecule has 0 aliphatic rings. The van der Waals surface area contributed by atoms with Gasteiger partial charge in [0.15, 0.2) is 0 Å². The predicted octanol–water partition coefficient (Wildman–Crippen LogP) is 2.20. The smallest absolute Gasteiger partial charge is 0.142 e. The lowest BCUT2D eigenvalue weighted by atomic mass is 10.2. The molecule has 1 atom stereocenters. The highest BCUT2D eigenvalue weighted by Crippen LogP contribution is 2.10. The maximum Gasteiger partial charge on any atom is 0.142 e. The Morgan fingerprint density at radius 1 is 1.39 bits per heavy atom. The van der Waals surface area contributed by atoms with Crippen molar-refractivity contribution >= 4 is 17.8 Å². The molecule has 0 bridgehead atoms. The van der Waals surface area contributed by atoms with Gasteiger partial charge in [-0.1, -0.05) is 42.7 Å². The van der Waals surface area contributed by atoms with Gasteiger partial charge in [-0.05, 0) is 17.7 Å². The van der Waals surface area contributed by atoms with E-state index in [2.05, 4.69) is 10.5 Å². The fraction of sp³-hybridized carbons (Fsp3) is 0.462. The molecule has 0 aromatic heterocycles. The van der Waals surface area contributed by atoms with Crippen LogP contribution in [0.1, 0.15) is 19.4 Å². The molecule has 2 N–H and O–H groups in total. The lowest BCUT2D eigenvalue weighted by molar-refractivity contribution is 0.127. The summed E-state index contributed by atoms with van der Waals surface area (Å²) in [6, 6.07) is 7.67. The lowest BCUT2D eigenvalue weighted by Gasteiger charge is -2.09. The Kier molecular flexibility index (Phi) is 6.72. The van der Waals surface area contributed by atoms with Crippen molar-refractivity contribution in [3.8, 4) is 0 Å². The predicted molar refractivity (Wildman–Crippen MR) is 73.9 cm³/mol. The van der Waals surface area contributed by atoms with Crippen LogP contribution in [0.15, 0.2) is 29.4 Å². The average Bonchev–Trinajstić information content (AvgIpc) is 2.34. The Morgan fingerprint density at radius 3 is 2.67 bits per heavy atom. The molecule has 0 aliphatic carbocycles. The molecular formula is C13H19ClN2O2. The first-order valence-electron chi connectivity index (χ1n) is 5.89. The van der Waals surface area contributed by atoms with Crippen LogP contribution in [-0.2, 0) is 11.4 Å². The number of oxime groups is 1. The van der Waals surface area contributed by atoms with Crippen molar-refractivity contribution in [2.75, 3.05) is 6.54 Å². The molecule has 1 aromatic rings. The van der Waals surface area contributed by atoms with Gasteiger partial charge in [0.1, 0.15) is 12.7 Å². The first-order valence-corrected chi connectivity index (χ1v) is 6.27. The molecule has 1 rings (SSSR count). The van der Waals surface area contributed by atoms with E-state index in [4.69, 9.17) is 16.4 Å². The molecule has 1 aromatic carbocycles. The summed E-state index contributed by atoms with van der Waals surface area (Å²) in [4.78, 5) is 5.08. The monoisotopic (exact) mass is 270 g/mol. The van der Waals surface area contributed by atoms with Crippen LogP contribution in [0.2, 0.25) is 5.02 Å². The summed E-state index contributed by atoms with van der Waals surface area (Å²) >= 11 is 5.76. The fourth-order valence-corrected chi connectivity index (χ4v) is 1.34. The zero-order chi connectivity index (χ0) is 13.4. The number of benzene rings is 1. The minimum Gasteiger partial charge on any atom is -0.391 e. The summed E-state index contributed by atoms with van der Waals surface area (Å²) in [5.41, 5.74) is 0.978. The van der Waals surface area contributed by atoms with Crippen LogP contribution in [0.25, 0.3) is 0 Å². The molecule has 0 saturated carbocycles. The number of hydrogen-bond acceptors (Lipinski definition) is 4. The maximum atomic E-state index is 9.52. The molecule has 0 aliphatic heterocycles. The molecule has 18 heavy (non-hydrogen) atoms. The molecule has 0 heterocycles. The first-order chi connectivity index (χ1) is 8.58. The average molecular weight is 271 g/mol. The number of halogens is 1. The molecule has 0 radical (unpaired) electrons. The Morgan fingerprint density at radius 2 is 2.06 bits per heavy atom. The minimum atomic E-state index is -0.641. The third-order valence-electron chi connectivity index (χ3n) is 2.19. The van der Waals surface area contributed by atoms with E-state index < -0.39 is 6.10 Å².